The number of nitrogens with one attached hydrogen (secondary N) is 1. The molecule has 20 heavy (non-hydrogen) atoms. The Bertz CT molecular complexity index is 360. The average molecular weight is 302 g/mol. The van der Waals surface area contributed by atoms with Crippen molar-refractivity contribution in [2.75, 3.05) is 12.8 Å². The van der Waals surface area contributed by atoms with Crippen LogP contribution in [0.2, 0.25) is 0 Å². The second kappa shape index (κ2) is 7.55. The van der Waals surface area contributed by atoms with Crippen molar-refractivity contribution in [2.24, 2.45) is 11.8 Å². The van der Waals surface area contributed by atoms with Gasteiger partial charge >= 0.3 is 0 Å². The minimum atomic E-state index is -0.894. The highest BCUT2D eigenvalue weighted by molar-refractivity contribution is 7.84. The van der Waals surface area contributed by atoms with Gasteiger partial charge in [-0.3, -0.25) is 14.3 Å². The van der Waals surface area contributed by atoms with E-state index in [0.29, 0.717) is 18.4 Å². The van der Waals surface area contributed by atoms with E-state index in [2.05, 4.69) is 33.0 Å². The van der Waals surface area contributed by atoms with Gasteiger partial charge in [0.05, 0.1) is 12.2 Å². The van der Waals surface area contributed by atoms with Crippen molar-refractivity contribution in [2.45, 2.75) is 64.9 Å². The molecule has 0 spiro atoms. The molecule has 1 N–H and O–H groups in total. The monoisotopic (exact) mass is 302 g/mol. The van der Waals surface area contributed by atoms with E-state index in [1.54, 1.807) is 6.26 Å². The van der Waals surface area contributed by atoms with Crippen LogP contribution >= 0.6 is 0 Å². The lowest BCUT2D eigenvalue weighted by atomic mass is 9.99. The highest BCUT2D eigenvalue weighted by Gasteiger charge is 2.41. The Kier molecular flexibility index (Phi) is 6.65. The Labute approximate surface area is 126 Å². The lowest BCUT2D eigenvalue weighted by Gasteiger charge is -2.27. The fourth-order valence-corrected chi connectivity index (χ4v) is 2.96. The van der Waals surface area contributed by atoms with Crippen molar-refractivity contribution in [3.05, 3.63) is 0 Å². The summed E-state index contributed by atoms with van der Waals surface area (Å²) in [5.41, 5.74) is 0. The second-order valence-electron chi connectivity index (χ2n) is 6.48. The third kappa shape index (κ3) is 4.29. The number of nitrogens with zero attached hydrogens (tertiary/aromatic N) is 1. The molecule has 5 unspecified atom stereocenters. The van der Waals surface area contributed by atoms with Crippen LogP contribution in [-0.4, -0.2) is 45.3 Å². The van der Waals surface area contributed by atoms with Crippen molar-refractivity contribution in [1.29, 1.82) is 0 Å². The molecule has 118 valence electrons. The van der Waals surface area contributed by atoms with Crippen LogP contribution in [0.5, 0.6) is 0 Å². The molecular formula is C15H30N2O2S. The molecule has 0 aliphatic carbocycles. The number of hydrogen-bond donors (Lipinski definition) is 1. The highest BCUT2D eigenvalue weighted by atomic mass is 32.2. The van der Waals surface area contributed by atoms with E-state index in [1.807, 2.05) is 11.8 Å². The van der Waals surface area contributed by atoms with Gasteiger partial charge in [-0.25, -0.2) is 0 Å². The van der Waals surface area contributed by atoms with Crippen molar-refractivity contribution >= 4 is 16.7 Å². The fourth-order valence-electron chi connectivity index (χ4n) is 2.59. The van der Waals surface area contributed by atoms with Crippen molar-refractivity contribution in [3.63, 3.8) is 0 Å². The molecule has 1 heterocycles. The Balaban J connectivity index is 2.84. The van der Waals surface area contributed by atoms with E-state index in [9.17, 15) is 9.00 Å². The molecule has 0 aromatic heterocycles. The van der Waals surface area contributed by atoms with Gasteiger partial charge in [-0.2, -0.15) is 0 Å². The number of carbonyl (C=O) groups is 1. The minimum Gasteiger partial charge on any atom is -0.325 e. The molecule has 1 rings (SSSR count). The van der Waals surface area contributed by atoms with Gasteiger partial charge in [0.1, 0.15) is 0 Å². The van der Waals surface area contributed by atoms with Crippen LogP contribution in [0.4, 0.5) is 0 Å². The first-order chi connectivity index (χ1) is 9.27. The summed E-state index contributed by atoms with van der Waals surface area (Å²) >= 11 is 0. The van der Waals surface area contributed by atoms with Crippen LogP contribution in [0.1, 0.15) is 47.5 Å². The van der Waals surface area contributed by atoms with Crippen LogP contribution < -0.4 is 5.32 Å². The summed E-state index contributed by atoms with van der Waals surface area (Å²) in [5, 5.41) is 3.51. The van der Waals surface area contributed by atoms with Crippen LogP contribution in [-0.2, 0) is 15.6 Å². The highest BCUT2D eigenvalue weighted by Crippen LogP contribution is 2.23. The normalized spacial score (nSPS) is 27.9. The Hall–Kier alpha value is -0.420. The zero-order valence-corrected chi connectivity index (χ0v) is 14.5. The van der Waals surface area contributed by atoms with Crippen molar-refractivity contribution in [1.82, 2.24) is 10.2 Å². The zero-order valence-electron chi connectivity index (χ0n) is 13.7. The van der Waals surface area contributed by atoms with Crippen LogP contribution in [0.25, 0.3) is 0 Å². The molecule has 0 aromatic rings. The quantitative estimate of drug-likeness (QED) is 0.782. The topological polar surface area (TPSA) is 49.4 Å². The first kappa shape index (κ1) is 17.6. The van der Waals surface area contributed by atoms with Gasteiger partial charge in [0, 0.05) is 28.9 Å². The smallest absolute Gasteiger partial charge is 0.241 e. The maximum atomic E-state index is 12.6. The number of rotatable bonds is 7. The molecule has 5 atom stereocenters. The summed E-state index contributed by atoms with van der Waals surface area (Å²) in [5.74, 6) is 1.05. The molecule has 1 saturated heterocycles. The second-order valence-corrected chi connectivity index (χ2v) is 8.28. The van der Waals surface area contributed by atoms with Crippen molar-refractivity contribution in [3.8, 4) is 0 Å². The lowest BCUT2D eigenvalue weighted by Crippen LogP contribution is -2.42. The van der Waals surface area contributed by atoms with Gasteiger partial charge in [-0.1, -0.05) is 34.1 Å². The molecule has 1 amide bonds. The molecule has 1 aliphatic rings. The summed E-state index contributed by atoms with van der Waals surface area (Å²) in [6.07, 6.45) is 3.73. The predicted octanol–water partition coefficient (Wildman–Crippen LogP) is 1.97. The summed E-state index contributed by atoms with van der Waals surface area (Å²) in [6.45, 7) is 11.1. The Morgan fingerprint density at radius 2 is 1.90 bits per heavy atom. The van der Waals surface area contributed by atoms with Gasteiger partial charge in [0.15, 0.2) is 0 Å². The largest absolute Gasteiger partial charge is 0.325 e. The summed E-state index contributed by atoms with van der Waals surface area (Å²) in [4.78, 5) is 14.5. The molecule has 1 fully saturated rings. The minimum absolute atomic E-state index is 0.0195. The Morgan fingerprint density at radius 3 is 2.35 bits per heavy atom. The van der Waals surface area contributed by atoms with E-state index in [0.717, 1.165) is 12.8 Å². The van der Waals surface area contributed by atoms with Crippen LogP contribution in [0, 0.1) is 11.8 Å². The average Bonchev–Trinajstić information content (AvgIpc) is 2.65. The van der Waals surface area contributed by atoms with E-state index >= 15 is 0 Å². The fraction of sp³-hybridized carbons (Fsp3) is 0.933. The SMILES string of the molecule is CCC(C)C1NC(CC(C)C)N(CC(C)S(C)=O)C1=O. The van der Waals surface area contributed by atoms with Gasteiger partial charge in [0.25, 0.3) is 0 Å². The zero-order chi connectivity index (χ0) is 15.4. The van der Waals surface area contributed by atoms with Gasteiger partial charge < -0.3 is 4.90 Å². The number of hydrogen-bond acceptors (Lipinski definition) is 3. The van der Waals surface area contributed by atoms with E-state index in [4.69, 9.17) is 0 Å². The molecule has 0 aromatic carbocycles. The summed E-state index contributed by atoms with van der Waals surface area (Å²) < 4.78 is 11.6. The van der Waals surface area contributed by atoms with E-state index in [1.165, 1.54) is 0 Å². The summed E-state index contributed by atoms with van der Waals surface area (Å²) in [6, 6.07) is -0.0822. The first-order valence-corrected chi connectivity index (χ1v) is 9.28. The third-order valence-electron chi connectivity index (χ3n) is 4.23. The van der Waals surface area contributed by atoms with Crippen LogP contribution in [0.15, 0.2) is 0 Å². The maximum absolute atomic E-state index is 12.6. The first-order valence-electron chi connectivity index (χ1n) is 7.66. The van der Waals surface area contributed by atoms with Crippen molar-refractivity contribution < 1.29 is 9.00 Å². The third-order valence-corrected chi connectivity index (χ3v) is 5.51. The molecule has 1 aliphatic heterocycles. The van der Waals surface area contributed by atoms with Gasteiger partial charge in [-0.15, -0.1) is 0 Å². The standard InChI is InChI=1S/C15H30N2O2S/c1-7-11(4)14-15(18)17(9-12(5)20(6)19)13(16-14)8-10(2)3/h10-14,16H,7-9H2,1-6H3. The van der Waals surface area contributed by atoms with Gasteiger partial charge in [-0.05, 0) is 25.2 Å². The van der Waals surface area contributed by atoms with E-state index in [-0.39, 0.29) is 23.4 Å². The molecule has 0 saturated carbocycles. The maximum Gasteiger partial charge on any atom is 0.241 e. The molecule has 5 heteroatoms. The lowest BCUT2D eigenvalue weighted by molar-refractivity contribution is -0.131. The number of amides is 1. The molecule has 0 bridgehead atoms. The molecular weight excluding hydrogens is 272 g/mol. The van der Waals surface area contributed by atoms with Crippen LogP contribution in [0.3, 0.4) is 0 Å². The molecule has 4 nitrogen and oxygen atoms in total. The van der Waals surface area contributed by atoms with Gasteiger partial charge in [0.2, 0.25) is 5.91 Å². The Morgan fingerprint density at radius 1 is 1.30 bits per heavy atom. The number of carbonyl (C=O) groups excluding carboxylic acids is 1. The predicted molar refractivity (Wildman–Crippen MR) is 84.9 cm³/mol. The molecule has 0 radical (unpaired) electrons. The van der Waals surface area contributed by atoms with E-state index < -0.39 is 10.8 Å². The summed E-state index contributed by atoms with van der Waals surface area (Å²) in [7, 11) is -0.894.